The van der Waals surface area contributed by atoms with Crippen molar-refractivity contribution in [3.05, 3.63) is 24.0 Å². The van der Waals surface area contributed by atoms with E-state index in [9.17, 15) is 9.90 Å². The van der Waals surface area contributed by atoms with Gasteiger partial charge in [0.1, 0.15) is 5.60 Å². The van der Waals surface area contributed by atoms with Crippen molar-refractivity contribution >= 4 is 11.7 Å². The Balaban J connectivity index is 2.23. The monoisotopic (exact) mass is 350 g/mol. The van der Waals surface area contributed by atoms with Crippen LogP contribution in [0.3, 0.4) is 0 Å². The molecule has 2 heterocycles. The summed E-state index contributed by atoms with van der Waals surface area (Å²) >= 11 is 0. The number of nitrogen functional groups attached to an aromatic ring is 1. The molecule has 2 rings (SSSR count). The molecule has 140 valence electrons. The Morgan fingerprint density at radius 1 is 1.52 bits per heavy atom. The quantitative estimate of drug-likeness (QED) is 0.811. The normalized spacial score (nSPS) is 30.1. The fourth-order valence-electron chi connectivity index (χ4n) is 3.45. The number of carbonyl (C=O) groups is 1. The summed E-state index contributed by atoms with van der Waals surface area (Å²) in [5.41, 5.74) is 5.78. The van der Waals surface area contributed by atoms with Crippen LogP contribution in [0.2, 0.25) is 0 Å². The molecule has 3 N–H and O–H groups in total. The summed E-state index contributed by atoms with van der Waals surface area (Å²) in [5, 5.41) is 11.0. The maximum Gasteiger partial charge on any atom is 0.306 e. The van der Waals surface area contributed by atoms with Gasteiger partial charge < -0.3 is 20.3 Å². The van der Waals surface area contributed by atoms with Crippen molar-refractivity contribution in [2.45, 2.75) is 77.3 Å². The van der Waals surface area contributed by atoms with Crippen LogP contribution < -0.4 is 5.73 Å². The summed E-state index contributed by atoms with van der Waals surface area (Å²) < 4.78 is 11.6. The van der Waals surface area contributed by atoms with Crippen molar-refractivity contribution in [1.29, 1.82) is 0 Å². The highest BCUT2D eigenvalue weighted by Gasteiger charge is 2.47. The summed E-state index contributed by atoms with van der Waals surface area (Å²) in [6.07, 6.45) is 3.88. The summed E-state index contributed by atoms with van der Waals surface area (Å²) in [6, 6.07) is 1.83. The van der Waals surface area contributed by atoms with Gasteiger partial charge in [0, 0.05) is 17.7 Å². The molecule has 6 heteroatoms. The largest absolute Gasteiger partial charge is 0.460 e. The van der Waals surface area contributed by atoms with Gasteiger partial charge in [-0.15, -0.1) is 0 Å². The number of carbonyl (C=O) groups excluding carboxylic acids is 1. The van der Waals surface area contributed by atoms with E-state index in [0.29, 0.717) is 18.5 Å². The molecule has 1 aromatic rings. The van der Waals surface area contributed by atoms with Crippen LogP contribution in [0.1, 0.15) is 65.5 Å². The first-order valence-corrected chi connectivity index (χ1v) is 8.83. The second-order valence-corrected chi connectivity index (χ2v) is 7.98. The van der Waals surface area contributed by atoms with E-state index in [-0.39, 0.29) is 30.5 Å². The minimum absolute atomic E-state index is 0.144. The molecule has 1 aromatic heterocycles. The molecule has 1 aliphatic heterocycles. The average molecular weight is 350 g/mol. The van der Waals surface area contributed by atoms with Gasteiger partial charge in [-0.1, -0.05) is 6.92 Å². The van der Waals surface area contributed by atoms with Crippen molar-refractivity contribution in [2.24, 2.45) is 5.92 Å². The van der Waals surface area contributed by atoms with Crippen LogP contribution in [0, 0.1) is 5.92 Å². The molecule has 0 spiro atoms. The molecule has 25 heavy (non-hydrogen) atoms. The third-order valence-corrected chi connectivity index (χ3v) is 4.74. The lowest BCUT2D eigenvalue weighted by Gasteiger charge is -2.46. The zero-order valence-corrected chi connectivity index (χ0v) is 15.8. The maximum absolute atomic E-state index is 12.3. The fourth-order valence-corrected chi connectivity index (χ4v) is 3.45. The Hall–Kier alpha value is -1.66. The number of hydrogen-bond acceptors (Lipinski definition) is 6. The summed E-state index contributed by atoms with van der Waals surface area (Å²) in [4.78, 5) is 16.3. The molecule has 0 amide bonds. The van der Waals surface area contributed by atoms with E-state index < -0.39 is 11.2 Å². The van der Waals surface area contributed by atoms with Crippen LogP contribution in [-0.2, 0) is 14.3 Å². The predicted molar refractivity (Wildman–Crippen MR) is 95.7 cm³/mol. The Morgan fingerprint density at radius 3 is 2.76 bits per heavy atom. The van der Waals surface area contributed by atoms with Crippen LogP contribution >= 0.6 is 0 Å². The van der Waals surface area contributed by atoms with Gasteiger partial charge in [0.25, 0.3) is 0 Å². The van der Waals surface area contributed by atoms with Crippen LogP contribution in [0.15, 0.2) is 18.5 Å². The van der Waals surface area contributed by atoms with Crippen molar-refractivity contribution in [3.63, 3.8) is 0 Å². The molecule has 0 bridgehead atoms. The Morgan fingerprint density at radius 2 is 2.20 bits per heavy atom. The van der Waals surface area contributed by atoms with Gasteiger partial charge in [0.2, 0.25) is 0 Å². The van der Waals surface area contributed by atoms with Crippen LogP contribution in [0.5, 0.6) is 0 Å². The highest BCUT2D eigenvalue weighted by molar-refractivity contribution is 5.70. The fraction of sp³-hybridized carbons (Fsp3) is 0.684. The van der Waals surface area contributed by atoms with Gasteiger partial charge in [0.05, 0.1) is 36.1 Å². The highest BCUT2D eigenvalue weighted by atomic mass is 16.6. The molecule has 0 radical (unpaired) electrons. The first-order valence-electron chi connectivity index (χ1n) is 8.83. The van der Waals surface area contributed by atoms with Crippen molar-refractivity contribution in [3.8, 4) is 0 Å². The zero-order valence-electron chi connectivity index (χ0n) is 15.8. The number of nitrogens with two attached hydrogens (primary N) is 1. The molecule has 0 saturated carbocycles. The summed E-state index contributed by atoms with van der Waals surface area (Å²) in [7, 11) is 0. The van der Waals surface area contributed by atoms with Crippen LogP contribution in [0.4, 0.5) is 5.69 Å². The SMILES string of the molecule is CC[C@H]1O[C@@H](c2ccncc2N)C[C@@H](CC(=O)OC(C)(C)C)[C@]1(C)O. The number of hydrogen-bond donors (Lipinski definition) is 2. The third kappa shape index (κ3) is 4.70. The number of nitrogens with zero attached hydrogens (tertiary/aromatic N) is 1. The van der Waals surface area contributed by atoms with E-state index >= 15 is 0 Å². The lowest BCUT2D eigenvalue weighted by molar-refractivity contribution is -0.206. The van der Waals surface area contributed by atoms with E-state index in [4.69, 9.17) is 15.2 Å². The minimum atomic E-state index is -1.11. The Bertz CT molecular complexity index is 610. The number of ether oxygens (including phenoxy) is 2. The number of aromatic nitrogens is 1. The Labute approximate surface area is 149 Å². The summed E-state index contributed by atoms with van der Waals surface area (Å²) in [5.74, 6) is -0.588. The number of rotatable bonds is 4. The van der Waals surface area contributed by atoms with E-state index in [0.717, 1.165) is 5.56 Å². The van der Waals surface area contributed by atoms with Crippen molar-refractivity contribution in [2.75, 3.05) is 5.73 Å². The molecule has 0 unspecified atom stereocenters. The Kier molecular flexibility index (Phi) is 5.74. The molecular weight excluding hydrogens is 320 g/mol. The second-order valence-electron chi connectivity index (χ2n) is 7.98. The smallest absolute Gasteiger partial charge is 0.306 e. The molecular formula is C19H30N2O4. The minimum Gasteiger partial charge on any atom is -0.460 e. The number of aliphatic hydroxyl groups is 1. The molecule has 1 aliphatic rings. The predicted octanol–water partition coefficient (Wildman–Crippen LogP) is 3.00. The zero-order chi connectivity index (χ0) is 18.8. The van der Waals surface area contributed by atoms with Gasteiger partial charge in [-0.25, -0.2) is 0 Å². The maximum atomic E-state index is 12.3. The van der Waals surface area contributed by atoms with Crippen molar-refractivity contribution < 1.29 is 19.4 Å². The number of anilines is 1. The highest BCUT2D eigenvalue weighted by Crippen LogP contribution is 2.44. The van der Waals surface area contributed by atoms with E-state index in [1.54, 1.807) is 19.3 Å². The van der Waals surface area contributed by atoms with Gasteiger partial charge in [-0.05, 0) is 46.6 Å². The van der Waals surface area contributed by atoms with Gasteiger partial charge in [-0.2, -0.15) is 0 Å². The van der Waals surface area contributed by atoms with Crippen LogP contribution in [-0.4, -0.2) is 33.4 Å². The van der Waals surface area contributed by atoms with Gasteiger partial charge in [0.15, 0.2) is 0 Å². The van der Waals surface area contributed by atoms with E-state index in [1.807, 2.05) is 33.8 Å². The lowest BCUT2D eigenvalue weighted by Crippen LogP contribution is -2.52. The van der Waals surface area contributed by atoms with Gasteiger partial charge in [-0.3, -0.25) is 9.78 Å². The van der Waals surface area contributed by atoms with Crippen molar-refractivity contribution in [1.82, 2.24) is 4.98 Å². The molecule has 4 atom stereocenters. The molecule has 1 saturated heterocycles. The average Bonchev–Trinajstić information content (AvgIpc) is 2.48. The molecule has 1 fully saturated rings. The number of esters is 1. The third-order valence-electron chi connectivity index (χ3n) is 4.74. The number of pyridine rings is 1. The molecule has 0 aliphatic carbocycles. The van der Waals surface area contributed by atoms with E-state index in [2.05, 4.69) is 4.98 Å². The van der Waals surface area contributed by atoms with E-state index in [1.165, 1.54) is 0 Å². The topological polar surface area (TPSA) is 94.7 Å². The first-order chi connectivity index (χ1) is 11.5. The first kappa shape index (κ1) is 19.7. The molecule has 0 aromatic carbocycles. The lowest BCUT2D eigenvalue weighted by atomic mass is 9.74. The standard InChI is InChI=1S/C19H30N2O4/c1-6-16-19(5,23)12(10-17(22)25-18(2,3)4)9-15(24-16)13-7-8-21-11-14(13)20/h7-8,11-12,15-16,23H,6,9-10,20H2,1-5H3/t12-,15+,16+,19-/m0/s1. The summed E-state index contributed by atoms with van der Waals surface area (Å²) in [6.45, 7) is 9.21. The molecule has 6 nitrogen and oxygen atoms in total. The second kappa shape index (κ2) is 7.30. The van der Waals surface area contributed by atoms with Crippen LogP contribution in [0.25, 0.3) is 0 Å². The van der Waals surface area contributed by atoms with Gasteiger partial charge >= 0.3 is 5.97 Å².